The summed E-state index contributed by atoms with van der Waals surface area (Å²) < 4.78 is 5.41. The SMILES string of the molecule is COc1cc(Cl)ccc1NC(=S)N(CCN(C)C)[C@H](C)c1ccncc1. The van der Waals surface area contributed by atoms with Crippen LogP contribution in [0.15, 0.2) is 42.7 Å². The number of aromatic nitrogens is 1. The first-order valence-corrected chi connectivity index (χ1v) is 9.16. The largest absolute Gasteiger partial charge is 0.495 e. The summed E-state index contributed by atoms with van der Waals surface area (Å²) in [6.07, 6.45) is 3.60. The number of anilines is 1. The van der Waals surface area contributed by atoms with Crippen LogP contribution in [0, 0.1) is 0 Å². The highest BCUT2D eigenvalue weighted by molar-refractivity contribution is 7.80. The lowest BCUT2D eigenvalue weighted by atomic mass is 10.1. The highest BCUT2D eigenvalue weighted by Gasteiger charge is 2.20. The summed E-state index contributed by atoms with van der Waals surface area (Å²) in [4.78, 5) is 8.40. The zero-order valence-electron chi connectivity index (χ0n) is 15.6. The van der Waals surface area contributed by atoms with E-state index in [0.717, 1.165) is 24.3 Å². The summed E-state index contributed by atoms with van der Waals surface area (Å²) >= 11 is 11.8. The minimum absolute atomic E-state index is 0.108. The molecule has 26 heavy (non-hydrogen) atoms. The molecule has 0 spiro atoms. The van der Waals surface area contributed by atoms with Crippen LogP contribution >= 0.6 is 23.8 Å². The summed E-state index contributed by atoms with van der Waals surface area (Å²) in [5.41, 5.74) is 1.95. The first-order valence-electron chi connectivity index (χ1n) is 8.38. The Morgan fingerprint density at radius 1 is 1.23 bits per heavy atom. The monoisotopic (exact) mass is 392 g/mol. The van der Waals surface area contributed by atoms with Gasteiger partial charge in [0.1, 0.15) is 5.75 Å². The molecule has 1 aromatic carbocycles. The van der Waals surface area contributed by atoms with Crippen LogP contribution in [0.4, 0.5) is 5.69 Å². The number of rotatable bonds is 7. The van der Waals surface area contributed by atoms with Crippen LogP contribution in [0.2, 0.25) is 5.02 Å². The Bertz CT molecular complexity index is 727. The maximum Gasteiger partial charge on any atom is 0.174 e. The molecular formula is C19H25ClN4OS. The lowest BCUT2D eigenvalue weighted by Crippen LogP contribution is -2.41. The maximum absolute atomic E-state index is 6.05. The lowest BCUT2D eigenvalue weighted by molar-refractivity contribution is 0.289. The number of benzene rings is 1. The summed E-state index contributed by atoms with van der Waals surface area (Å²) in [6, 6.07) is 9.58. The number of nitrogens with zero attached hydrogens (tertiary/aromatic N) is 3. The van der Waals surface area contributed by atoms with E-state index >= 15 is 0 Å². The molecule has 0 amide bonds. The number of thiocarbonyl (C=S) groups is 1. The molecule has 0 saturated carbocycles. The number of ether oxygens (including phenoxy) is 1. The average Bonchev–Trinajstić information content (AvgIpc) is 2.63. The Morgan fingerprint density at radius 3 is 2.54 bits per heavy atom. The third kappa shape index (κ3) is 5.56. The van der Waals surface area contributed by atoms with Crippen molar-refractivity contribution < 1.29 is 4.74 Å². The molecule has 0 radical (unpaired) electrons. The molecular weight excluding hydrogens is 368 g/mol. The van der Waals surface area contributed by atoms with Crippen molar-refractivity contribution in [3.05, 3.63) is 53.3 Å². The number of hydrogen-bond donors (Lipinski definition) is 1. The minimum Gasteiger partial charge on any atom is -0.495 e. The molecule has 2 aromatic rings. The van der Waals surface area contributed by atoms with Crippen LogP contribution in [-0.4, -0.2) is 54.2 Å². The van der Waals surface area contributed by atoms with Crippen LogP contribution in [0.1, 0.15) is 18.5 Å². The second-order valence-electron chi connectivity index (χ2n) is 6.23. The van der Waals surface area contributed by atoms with Crippen LogP contribution in [0.3, 0.4) is 0 Å². The molecule has 140 valence electrons. The van der Waals surface area contributed by atoms with Gasteiger partial charge in [0, 0.05) is 36.6 Å². The third-order valence-electron chi connectivity index (χ3n) is 4.11. The van der Waals surface area contributed by atoms with E-state index in [1.807, 2.05) is 38.4 Å². The van der Waals surface area contributed by atoms with Crippen molar-refractivity contribution in [3.8, 4) is 5.75 Å². The Balaban J connectivity index is 2.22. The van der Waals surface area contributed by atoms with Crippen LogP contribution in [0.5, 0.6) is 5.75 Å². The molecule has 1 heterocycles. The molecule has 0 bridgehead atoms. The molecule has 0 aliphatic carbocycles. The van der Waals surface area contributed by atoms with Gasteiger partial charge in [0.25, 0.3) is 0 Å². The molecule has 5 nitrogen and oxygen atoms in total. The van der Waals surface area contributed by atoms with Crippen molar-refractivity contribution in [1.29, 1.82) is 0 Å². The van der Waals surface area contributed by atoms with Crippen molar-refractivity contribution in [2.75, 3.05) is 39.6 Å². The van der Waals surface area contributed by atoms with Gasteiger partial charge in [0.2, 0.25) is 0 Å². The fourth-order valence-corrected chi connectivity index (χ4v) is 3.08. The summed E-state index contributed by atoms with van der Waals surface area (Å²) in [5, 5.41) is 4.56. The van der Waals surface area contributed by atoms with Gasteiger partial charge in [0.15, 0.2) is 5.11 Å². The molecule has 0 aliphatic heterocycles. The fraction of sp³-hybridized carbons (Fsp3) is 0.368. The Kier molecular flexibility index (Phi) is 7.63. The van der Waals surface area contributed by atoms with Gasteiger partial charge >= 0.3 is 0 Å². The van der Waals surface area contributed by atoms with Crippen molar-refractivity contribution in [1.82, 2.24) is 14.8 Å². The number of hydrogen-bond acceptors (Lipinski definition) is 4. The van der Waals surface area contributed by atoms with Crippen LogP contribution in [-0.2, 0) is 0 Å². The highest BCUT2D eigenvalue weighted by atomic mass is 35.5. The second kappa shape index (κ2) is 9.71. The van der Waals surface area contributed by atoms with Gasteiger partial charge in [-0.15, -0.1) is 0 Å². The van der Waals surface area contributed by atoms with E-state index in [-0.39, 0.29) is 6.04 Å². The van der Waals surface area contributed by atoms with E-state index in [1.165, 1.54) is 0 Å². The number of likely N-dealkylation sites (N-methyl/N-ethyl adjacent to an activating group) is 1. The zero-order valence-corrected chi connectivity index (χ0v) is 17.1. The Morgan fingerprint density at radius 2 is 1.92 bits per heavy atom. The zero-order chi connectivity index (χ0) is 19.1. The van der Waals surface area contributed by atoms with Crippen molar-refractivity contribution in [3.63, 3.8) is 0 Å². The van der Waals surface area contributed by atoms with Crippen molar-refractivity contribution in [2.24, 2.45) is 0 Å². The molecule has 0 unspecified atom stereocenters. The molecule has 0 aliphatic rings. The molecule has 0 fully saturated rings. The Hall–Kier alpha value is -1.89. The van der Waals surface area contributed by atoms with Crippen LogP contribution in [0.25, 0.3) is 0 Å². The van der Waals surface area contributed by atoms with E-state index in [0.29, 0.717) is 15.9 Å². The predicted molar refractivity (Wildman–Crippen MR) is 112 cm³/mol. The van der Waals surface area contributed by atoms with Gasteiger partial charge in [-0.2, -0.15) is 0 Å². The standard InChI is InChI=1S/C19H25ClN4OS/c1-14(15-7-9-21-10-8-15)24(12-11-23(2)3)19(26)22-17-6-5-16(20)13-18(17)25-4/h5-10,13-14H,11-12H2,1-4H3,(H,22,26)/t14-/m1/s1. The van der Waals surface area contributed by atoms with E-state index in [1.54, 1.807) is 25.6 Å². The van der Waals surface area contributed by atoms with E-state index in [9.17, 15) is 0 Å². The van der Waals surface area contributed by atoms with Crippen molar-refractivity contribution >= 4 is 34.6 Å². The van der Waals surface area contributed by atoms with E-state index < -0.39 is 0 Å². The highest BCUT2D eigenvalue weighted by Crippen LogP contribution is 2.29. The number of nitrogens with one attached hydrogen (secondary N) is 1. The molecule has 1 N–H and O–H groups in total. The number of methoxy groups -OCH3 is 1. The second-order valence-corrected chi connectivity index (χ2v) is 7.05. The molecule has 1 aromatic heterocycles. The molecule has 1 atom stereocenters. The summed E-state index contributed by atoms with van der Waals surface area (Å²) in [5.74, 6) is 0.656. The average molecular weight is 393 g/mol. The van der Waals surface area contributed by atoms with Gasteiger partial charge in [-0.3, -0.25) is 4.98 Å². The number of halogens is 1. The Labute approximate surface area is 165 Å². The smallest absolute Gasteiger partial charge is 0.174 e. The molecule has 2 rings (SSSR count). The summed E-state index contributed by atoms with van der Waals surface area (Å²) in [6.45, 7) is 3.81. The van der Waals surface area contributed by atoms with Crippen molar-refractivity contribution in [2.45, 2.75) is 13.0 Å². The number of pyridine rings is 1. The summed E-state index contributed by atoms with van der Waals surface area (Å²) in [7, 11) is 5.71. The topological polar surface area (TPSA) is 40.6 Å². The first kappa shape index (κ1) is 20.4. The van der Waals surface area contributed by atoms with Gasteiger partial charge in [-0.25, -0.2) is 0 Å². The maximum atomic E-state index is 6.05. The van der Waals surface area contributed by atoms with Gasteiger partial charge < -0.3 is 19.9 Å². The predicted octanol–water partition coefficient (Wildman–Crippen LogP) is 4.07. The quantitative estimate of drug-likeness (QED) is 0.716. The van der Waals surface area contributed by atoms with E-state index in [4.69, 9.17) is 28.6 Å². The van der Waals surface area contributed by atoms with Gasteiger partial charge in [0.05, 0.1) is 18.8 Å². The van der Waals surface area contributed by atoms with E-state index in [2.05, 4.69) is 27.0 Å². The fourth-order valence-electron chi connectivity index (χ4n) is 2.56. The van der Waals surface area contributed by atoms with Crippen LogP contribution < -0.4 is 10.1 Å². The molecule has 0 saturated heterocycles. The van der Waals surface area contributed by atoms with Gasteiger partial charge in [-0.1, -0.05) is 11.6 Å². The normalized spacial score (nSPS) is 11.9. The molecule has 7 heteroatoms. The first-order chi connectivity index (χ1) is 12.4. The lowest BCUT2D eigenvalue weighted by Gasteiger charge is -2.33. The van der Waals surface area contributed by atoms with Gasteiger partial charge in [-0.05, 0) is 63.1 Å². The minimum atomic E-state index is 0.108. The third-order valence-corrected chi connectivity index (χ3v) is 4.68.